The SMILES string of the molecule is COc1cccc(F)c1C(C)NCc1cccc(C)c1. The maximum atomic E-state index is 14.0. The predicted octanol–water partition coefficient (Wildman–Crippen LogP) is 3.99. The molecule has 0 fully saturated rings. The molecular formula is C17H20FNO. The van der Waals surface area contributed by atoms with Gasteiger partial charge in [-0.3, -0.25) is 0 Å². The van der Waals surface area contributed by atoms with Gasteiger partial charge in [-0.1, -0.05) is 35.9 Å². The number of nitrogens with one attached hydrogen (secondary N) is 1. The lowest BCUT2D eigenvalue weighted by Crippen LogP contribution is -2.20. The molecule has 0 bridgehead atoms. The Morgan fingerprint density at radius 2 is 1.95 bits per heavy atom. The fourth-order valence-electron chi connectivity index (χ4n) is 2.31. The number of hydrogen-bond donors (Lipinski definition) is 1. The van der Waals surface area contributed by atoms with Crippen LogP contribution in [-0.2, 0) is 6.54 Å². The molecule has 0 saturated carbocycles. The fourth-order valence-corrected chi connectivity index (χ4v) is 2.31. The number of rotatable bonds is 5. The zero-order chi connectivity index (χ0) is 14.5. The predicted molar refractivity (Wildman–Crippen MR) is 79.4 cm³/mol. The lowest BCUT2D eigenvalue weighted by Gasteiger charge is -2.18. The van der Waals surface area contributed by atoms with Crippen LogP contribution in [0.25, 0.3) is 0 Å². The van der Waals surface area contributed by atoms with Crippen molar-refractivity contribution in [2.24, 2.45) is 0 Å². The molecule has 20 heavy (non-hydrogen) atoms. The van der Waals surface area contributed by atoms with E-state index in [2.05, 4.69) is 30.4 Å². The van der Waals surface area contributed by atoms with E-state index in [1.807, 2.05) is 13.0 Å². The van der Waals surface area contributed by atoms with Crippen molar-refractivity contribution in [3.05, 3.63) is 65.0 Å². The Morgan fingerprint density at radius 3 is 2.65 bits per heavy atom. The van der Waals surface area contributed by atoms with Crippen molar-refractivity contribution in [3.63, 3.8) is 0 Å². The van der Waals surface area contributed by atoms with E-state index >= 15 is 0 Å². The van der Waals surface area contributed by atoms with Gasteiger partial charge in [-0.05, 0) is 31.5 Å². The van der Waals surface area contributed by atoms with E-state index in [0.29, 0.717) is 17.9 Å². The molecule has 2 aromatic carbocycles. The third-order valence-electron chi connectivity index (χ3n) is 3.36. The molecule has 0 amide bonds. The van der Waals surface area contributed by atoms with Crippen LogP contribution in [0.2, 0.25) is 0 Å². The first-order valence-electron chi connectivity index (χ1n) is 6.73. The minimum absolute atomic E-state index is 0.119. The summed E-state index contributed by atoms with van der Waals surface area (Å²) < 4.78 is 19.2. The number of aryl methyl sites for hydroxylation is 1. The van der Waals surface area contributed by atoms with E-state index in [9.17, 15) is 4.39 Å². The lowest BCUT2D eigenvalue weighted by molar-refractivity contribution is 0.393. The second-order valence-electron chi connectivity index (χ2n) is 4.95. The first-order chi connectivity index (χ1) is 9.61. The van der Waals surface area contributed by atoms with E-state index < -0.39 is 0 Å². The number of halogens is 1. The van der Waals surface area contributed by atoms with Crippen LogP contribution in [0.1, 0.15) is 29.7 Å². The van der Waals surface area contributed by atoms with Crippen LogP contribution >= 0.6 is 0 Å². The van der Waals surface area contributed by atoms with Crippen molar-refractivity contribution >= 4 is 0 Å². The largest absolute Gasteiger partial charge is 0.496 e. The van der Waals surface area contributed by atoms with Crippen molar-refractivity contribution in [2.75, 3.05) is 7.11 Å². The van der Waals surface area contributed by atoms with E-state index in [1.165, 1.54) is 17.2 Å². The molecule has 2 nitrogen and oxygen atoms in total. The van der Waals surface area contributed by atoms with Crippen molar-refractivity contribution in [2.45, 2.75) is 26.4 Å². The molecule has 2 aromatic rings. The topological polar surface area (TPSA) is 21.3 Å². The molecule has 1 unspecified atom stereocenters. The number of methoxy groups -OCH3 is 1. The molecule has 0 spiro atoms. The molecule has 0 aliphatic carbocycles. The average molecular weight is 273 g/mol. The highest BCUT2D eigenvalue weighted by molar-refractivity contribution is 5.37. The molecule has 0 aromatic heterocycles. The standard InChI is InChI=1S/C17H20FNO/c1-12-6-4-7-14(10-12)11-19-13(2)17-15(18)8-5-9-16(17)20-3/h4-10,13,19H,11H2,1-3H3. The summed E-state index contributed by atoms with van der Waals surface area (Å²) in [7, 11) is 1.56. The third kappa shape index (κ3) is 3.36. The molecule has 1 atom stereocenters. The Bertz CT molecular complexity index is 583. The quantitative estimate of drug-likeness (QED) is 0.889. The molecule has 0 radical (unpaired) electrons. The zero-order valence-corrected chi connectivity index (χ0v) is 12.1. The van der Waals surface area contributed by atoms with Crippen LogP contribution in [0, 0.1) is 12.7 Å². The summed E-state index contributed by atoms with van der Waals surface area (Å²) in [4.78, 5) is 0. The van der Waals surface area contributed by atoms with Crippen LogP contribution < -0.4 is 10.1 Å². The smallest absolute Gasteiger partial charge is 0.131 e. The Balaban J connectivity index is 2.11. The minimum Gasteiger partial charge on any atom is -0.496 e. The molecule has 3 heteroatoms. The summed E-state index contributed by atoms with van der Waals surface area (Å²) in [5.74, 6) is 0.336. The van der Waals surface area contributed by atoms with Gasteiger partial charge in [-0.25, -0.2) is 4.39 Å². The van der Waals surface area contributed by atoms with Crippen LogP contribution in [0.15, 0.2) is 42.5 Å². The van der Waals surface area contributed by atoms with E-state index in [1.54, 1.807) is 19.2 Å². The van der Waals surface area contributed by atoms with Gasteiger partial charge in [-0.15, -0.1) is 0 Å². The summed E-state index contributed by atoms with van der Waals surface area (Å²) in [5.41, 5.74) is 2.98. The first kappa shape index (κ1) is 14.5. The van der Waals surface area contributed by atoms with Gasteiger partial charge >= 0.3 is 0 Å². The first-order valence-corrected chi connectivity index (χ1v) is 6.73. The maximum absolute atomic E-state index is 14.0. The molecular weight excluding hydrogens is 253 g/mol. The molecule has 0 saturated heterocycles. The van der Waals surface area contributed by atoms with Crippen LogP contribution in [0.5, 0.6) is 5.75 Å². The molecule has 106 valence electrons. The van der Waals surface area contributed by atoms with Gasteiger partial charge in [-0.2, -0.15) is 0 Å². The summed E-state index contributed by atoms with van der Waals surface area (Å²) in [6.45, 7) is 4.70. The minimum atomic E-state index is -0.242. The van der Waals surface area contributed by atoms with Crippen molar-refractivity contribution in [1.82, 2.24) is 5.32 Å². The third-order valence-corrected chi connectivity index (χ3v) is 3.36. The van der Waals surface area contributed by atoms with Crippen LogP contribution in [0.4, 0.5) is 4.39 Å². The highest BCUT2D eigenvalue weighted by atomic mass is 19.1. The zero-order valence-electron chi connectivity index (χ0n) is 12.1. The van der Waals surface area contributed by atoms with Gasteiger partial charge in [0.15, 0.2) is 0 Å². The van der Waals surface area contributed by atoms with Gasteiger partial charge in [0.1, 0.15) is 11.6 Å². The van der Waals surface area contributed by atoms with Gasteiger partial charge in [0, 0.05) is 18.2 Å². The molecule has 0 aliphatic heterocycles. The highest BCUT2D eigenvalue weighted by Crippen LogP contribution is 2.27. The van der Waals surface area contributed by atoms with Crippen LogP contribution in [-0.4, -0.2) is 7.11 Å². The molecule has 1 N–H and O–H groups in total. The summed E-state index contributed by atoms with van der Waals surface area (Å²) in [6, 6.07) is 13.1. The Kier molecular flexibility index (Phi) is 4.74. The van der Waals surface area contributed by atoms with Gasteiger partial charge in [0.05, 0.1) is 7.11 Å². The van der Waals surface area contributed by atoms with E-state index in [4.69, 9.17) is 4.74 Å². The summed E-state index contributed by atoms with van der Waals surface area (Å²) >= 11 is 0. The van der Waals surface area contributed by atoms with E-state index in [-0.39, 0.29) is 11.9 Å². The van der Waals surface area contributed by atoms with Crippen molar-refractivity contribution in [1.29, 1.82) is 0 Å². The molecule has 0 aliphatic rings. The summed E-state index contributed by atoms with van der Waals surface area (Å²) in [5, 5.41) is 3.34. The Morgan fingerprint density at radius 1 is 1.20 bits per heavy atom. The highest BCUT2D eigenvalue weighted by Gasteiger charge is 2.15. The number of hydrogen-bond acceptors (Lipinski definition) is 2. The fraction of sp³-hybridized carbons (Fsp3) is 0.294. The summed E-state index contributed by atoms with van der Waals surface area (Å²) in [6.07, 6.45) is 0. The van der Waals surface area contributed by atoms with Crippen molar-refractivity contribution in [3.8, 4) is 5.75 Å². The second kappa shape index (κ2) is 6.53. The molecule has 2 rings (SSSR count). The number of ether oxygens (including phenoxy) is 1. The van der Waals surface area contributed by atoms with Gasteiger partial charge in [0.2, 0.25) is 0 Å². The second-order valence-corrected chi connectivity index (χ2v) is 4.95. The van der Waals surface area contributed by atoms with Crippen LogP contribution in [0.3, 0.4) is 0 Å². The van der Waals surface area contributed by atoms with E-state index in [0.717, 1.165) is 0 Å². The Labute approximate surface area is 119 Å². The number of benzene rings is 2. The van der Waals surface area contributed by atoms with Gasteiger partial charge < -0.3 is 10.1 Å². The van der Waals surface area contributed by atoms with Crippen molar-refractivity contribution < 1.29 is 9.13 Å². The lowest BCUT2D eigenvalue weighted by atomic mass is 10.1. The van der Waals surface area contributed by atoms with Gasteiger partial charge in [0.25, 0.3) is 0 Å². The monoisotopic (exact) mass is 273 g/mol. The molecule has 0 heterocycles. The average Bonchev–Trinajstić information content (AvgIpc) is 2.44. The normalized spacial score (nSPS) is 12.2. The maximum Gasteiger partial charge on any atom is 0.131 e. The Hall–Kier alpha value is -1.87.